The average Bonchev–Trinajstić information content (AvgIpc) is 2.96. The monoisotopic (exact) mass is 354 g/mol. The first-order valence-electron chi connectivity index (χ1n) is 9.71. The van der Waals surface area contributed by atoms with Crippen LogP contribution in [0.2, 0.25) is 0 Å². The minimum Gasteiger partial charge on any atom is -0.346 e. The van der Waals surface area contributed by atoms with Crippen molar-refractivity contribution in [3.05, 3.63) is 35.4 Å². The maximum atomic E-state index is 13.2. The van der Waals surface area contributed by atoms with Gasteiger partial charge in [-0.1, -0.05) is 37.5 Å². The van der Waals surface area contributed by atoms with E-state index < -0.39 is 5.41 Å². The van der Waals surface area contributed by atoms with Crippen LogP contribution in [0.15, 0.2) is 24.3 Å². The van der Waals surface area contributed by atoms with Crippen molar-refractivity contribution in [1.82, 2.24) is 10.2 Å². The van der Waals surface area contributed by atoms with Crippen LogP contribution < -0.4 is 5.32 Å². The Morgan fingerprint density at radius 2 is 1.85 bits per heavy atom. The second-order valence-corrected chi connectivity index (χ2v) is 8.30. The van der Waals surface area contributed by atoms with Gasteiger partial charge in [0.05, 0.1) is 17.0 Å². The van der Waals surface area contributed by atoms with Gasteiger partial charge in [0.2, 0.25) is 5.91 Å². The highest BCUT2D eigenvalue weighted by atomic mass is 16.2. The molecule has 1 aliphatic carbocycles. The van der Waals surface area contributed by atoms with Crippen LogP contribution in [0.4, 0.5) is 0 Å². The van der Waals surface area contributed by atoms with Gasteiger partial charge in [-0.15, -0.1) is 0 Å². The number of Topliss-reactive ketones (excluding diaryl/α,β-unsaturated/α-hetero) is 1. The maximum absolute atomic E-state index is 13.2. The Bertz CT molecular complexity index is 753. The first-order valence-corrected chi connectivity index (χ1v) is 9.71. The first kappa shape index (κ1) is 17.3. The molecular weight excluding hydrogens is 328 g/mol. The van der Waals surface area contributed by atoms with Gasteiger partial charge in [-0.3, -0.25) is 14.4 Å². The molecule has 2 fully saturated rings. The smallest absolute Gasteiger partial charge is 0.252 e. The number of hydrogen-bond donors (Lipinski definition) is 1. The third-order valence-electron chi connectivity index (χ3n) is 6.47. The molecule has 5 heteroatoms. The van der Waals surface area contributed by atoms with E-state index in [4.69, 9.17) is 0 Å². The summed E-state index contributed by atoms with van der Waals surface area (Å²) in [5.74, 6) is 0.343. The summed E-state index contributed by atoms with van der Waals surface area (Å²) in [6.07, 6.45) is 6.52. The van der Waals surface area contributed by atoms with Gasteiger partial charge in [0, 0.05) is 25.1 Å². The summed E-state index contributed by atoms with van der Waals surface area (Å²) in [4.78, 5) is 40.4. The predicted molar refractivity (Wildman–Crippen MR) is 97.9 cm³/mol. The van der Waals surface area contributed by atoms with Crippen LogP contribution in [0.5, 0.6) is 0 Å². The number of hydrogen-bond acceptors (Lipinski definition) is 3. The molecule has 0 aromatic heterocycles. The summed E-state index contributed by atoms with van der Waals surface area (Å²) in [5.41, 5.74) is 0.148. The largest absolute Gasteiger partial charge is 0.346 e. The molecule has 2 heterocycles. The lowest BCUT2D eigenvalue weighted by Gasteiger charge is -2.27. The molecule has 0 radical (unpaired) electrons. The highest BCUT2D eigenvalue weighted by molar-refractivity contribution is 6.12. The zero-order chi connectivity index (χ0) is 18.3. The number of fused-ring (bicyclic) bond motifs is 2. The van der Waals surface area contributed by atoms with Crippen LogP contribution in [-0.2, 0) is 4.79 Å². The number of carbonyl (C=O) groups excluding carboxylic acids is 3. The molecule has 2 amide bonds. The van der Waals surface area contributed by atoms with Crippen LogP contribution in [0.1, 0.15) is 66.2 Å². The second-order valence-electron chi connectivity index (χ2n) is 8.30. The highest BCUT2D eigenvalue weighted by Crippen LogP contribution is 2.38. The van der Waals surface area contributed by atoms with Crippen LogP contribution in [0.25, 0.3) is 0 Å². The summed E-state index contributed by atoms with van der Waals surface area (Å²) >= 11 is 0. The molecule has 4 rings (SSSR count). The Labute approximate surface area is 154 Å². The highest BCUT2D eigenvalue weighted by Gasteiger charge is 2.52. The lowest BCUT2D eigenvalue weighted by Crippen LogP contribution is -2.47. The molecule has 5 nitrogen and oxygen atoms in total. The lowest BCUT2D eigenvalue weighted by atomic mass is 9.78. The van der Waals surface area contributed by atoms with Crippen LogP contribution >= 0.6 is 0 Å². The van der Waals surface area contributed by atoms with E-state index in [0.29, 0.717) is 36.6 Å². The minimum atomic E-state index is -0.759. The van der Waals surface area contributed by atoms with Crippen molar-refractivity contribution >= 4 is 17.6 Å². The van der Waals surface area contributed by atoms with E-state index in [1.165, 1.54) is 19.3 Å². The number of likely N-dealkylation sites (tertiary alicyclic amines) is 1. The number of nitrogens with one attached hydrogen (secondary N) is 1. The van der Waals surface area contributed by atoms with Gasteiger partial charge in [-0.05, 0) is 31.7 Å². The molecule has 1 aromatic carbocycles. The SMILES string of the molecule is C[C@]12CN(C(=O)CC3CCCCC3)C[C@H]1NC(=O)c1ccccc1C2=O. The van der Waals surface area contributed by atoms with E-state index in [1.54, 1.807) is 29.2 Å². The zero-order valence-corrected chi connectivity index (χ0v) is 15.3. The molecule has 1 N–H and O–H groups in total. The summed E-state index contributed by atoms with van der Waals surface area (Å²) < 4.78 is 0. The third-order valence-corrected chi connectivity index (χ3v) is 6.47. The van der Waals surface area contributed by atoms with E-state index in [0.717, 1.165) is 12.8 Å². The standard InChI is InChI=1S/C21H26N2O3/c1-21-13-23(18(24)11-14-7-3-2-4-8-14)12-17(21)22-20(26)16-10-6-5-9-15(16)19(21)25/h5-6,9-10,14,17H,2-4,7-8,11-13H2,1H3,(H,22,26)/t17-,21+/m1/s1. The molecule has 1 aromatic rings. The number of rotatable bonds is 2. The van der Waals surface area contributed by atoms with Gasteiger partial charge in [0.25, 0.3) is 5.91 Å². The van der Waals surface area contributed by atoms with Gasteiger partial charge in [-0.25, -0.2) is 0 Å². The topological polar surface area (TPSA) is 66.5 Å². The second kappa shape index (κ2) is 6.53. The van der Waals surface area contributed by atoms with Gasteiger partial charge < -0.3 is 10.2 Å². The van der Waals surface area contributed by atoms with Crippen molar-refractivity contribution in [2.75, 3.05) is 13.1 Å². The van der Waals surface area contributed by atoms with Crippen LogP contribution in [0, 0.1) is 11.3 Å². The molecule has 0 bridgehead atoms. The Morgan fingerprint density at radius 3 is 2.58 bits per heavy atom. The lowest BCUT2D eigenvalue weighted by molar-refractivity contribution is -0.131. The van der Waals surface area contributed by atoms with Gasteiger partial charge in [0.1, 0.15) is 0 Å². The molecule has 0 spiro atoms. The number of benzene rings is 1. The van der Waals surface area contributed by atoms with Gasteiger partial charge in [0.15, 0.2) is 5.78 Å². The zero-order valence-electron chi connectivity index (χ0n) is 15.3. The normalized spacial score (nSPS) is 29.0. The van der Waals surface area contributed by atoms with Gasteiger partial charge in [-0.2, -0.15) is 0 Å². The van der Waals surface area contributed by atoms with Crippen molar-refractivity contribution in [3.63, 3.8) is 0 Å². The van der Waals surface area contributed by atoms with E-state index >= 15 is 0 Å². The van der Waals surface area contributed by atoms with Crippen LogP contribution in [0.3, 0.4) is 0 Å². The molecule has 1 saturated heterocycles. The molecule has 26 heavy (non-hydrogen) atoms. The Balaban J connectivity index is 1.55. The van der Waals surface area contributed by atoms with Gasteiger partial charge >= 0.3 is 0 Å². The fourth-order valence-electron chi connectivity index (χ4n) is 4.81. The molecule has 138 valence electrons. The van der Waals surface area contributed by atoms with Crippen molar-refractivity contribution < 1.29 is 14.4 Å². The third kappa shape index (κ3) is 2.83. The molecule has 2 atom stereocenters. The molecule has 3 aliphatic rings. The van der Waals surface area contributed by atoms with Crippen molar-refractivity contribution in [3.8, 4) is 0 Å². The van der Waals surface area contributed by atoms with Crippen LogP contribution in [-0.4, -0.2) is 41.6 Å². The quantitative estimate of drug-likeness (QED) is 0.888. The Morgan fingerprint density at radius 1 is 1.15 bits per heavy atom. The van der Waals surface area contributed by atoms with E-state index in [-0.39, 0.29) is 23.6 Å². The molecular formula is C21H26N2O3. The first-order chi connectivity index (χ1) is 12.5. The number of ketones is 1. The van der Waals surface area contributed by atoms with Crippen molar-refractivity contribution in [2.45, 2.75) is 51.5 Å². The summed E-state index contributed by atoms with van der Waals surface area (Å²) in [6, 6.07) is 6.64. The fraction of sp³-hybridized carbons (Fsp3) is 0.571. The number of carbonyl (C=O) groups is 3. The summed E-state index contributed by atoms with van der Waals surface area (Å²) in [6.45, 7) is 2.69. The summed E-state index contributed by atoms with van der Waals surface area (Å²) in [5, 5.41) is 3.00. The summed E-state index contributed by atoms with van der Waals surface area (Å²) in [7, 11) is 0. The fourth-order valence-corrected chi connectivity index (χ4v) is 4.81. The van der Waals surface area contributed by atoms with E-state index in [1.807, 2.05) is 6.92 Å². The maximum Gasteiger partial charge on any atom is 0.252 e. The Kier molecular flexibility index (Phi) is 4.33. The Hall–Kier alpha value is -2.17. The average molecular weight is 354 g/mol. The number of nitrogens with zero attached hydrogens (tertiary/aromatic N) is 1. The van der Waals surface area contributed by atoms with E-state index in [9.17, 15) is 14.4 Å². The number of amides is 2. The van der Waals surface area contributed by atoms with Crippen molar-refractivity contribution in [2.24, 2.45) is 11.3 Å². The van der Waals surface area contributed by atoms with E-state index in [2.05, 4.69) is 5.32 Å². The van der Waals surface area contributed by atoms with Crippen molar-refractivity contribution in [1.29, 1.82) is 0 Å². The molecule has 2 aliphatic heterocycles. The predicted octanol–water partition coefficient (Wildman–Crippen LogP) is 2.80. The molecule has 0 unspecified atom stereocenters. The molecule has 1 saturated carbocycles. The minimum absolute atomic E-state index is 0.0376.